The maximum absolute atomic E-state index is 12.3. The fourth-order valence-electron chi connectivity index (χ4n) is 3.63. The second-order valence-electron chi connectivity index (χ2n) is 8.57. The number of nitrogens with zero attached hydrogens (tertiary/aromatic N) is 4. The van der Waals surface area contributed by atoms with Crippen LogP contribution in [0.1, 0.15) is 41.2 Å². The molecule has 0 amide bonds. The number of rotatable bonds is 13. The van der Waals surface area contributed by atoms with Gasteiger partial charge in [-0.2, -0.15) is 0 Å². The Hall–Kier alpha value is -4.61. The molecule has 2 aromatic heterocycles. The molecule has 0 aliphatic heterocycles. The Morgan fingerprint density at radius 1 is 0.974 bits per heavy atom. The lowest BCUT2D eigenvalue weighted by Crippen LogP contribution is -2.16. The van der Waals surface area contributed by atoms with Gasteiger partial charge in [-0.05, 0) is 67.2 Å². The molecule has 0 saturated carbocycles. The topological polar surface area (TPSA) is 112 Å². The maximum Gasteiger partial charge on any atom is 0.573 e. The van der Waals surface area contributed by atoms with Crippen LogP contribution in [-0.4, -0.2) is 37.4 Å². The van der Waals surface area contributed by atoms with E-state index in [0.29, 0.717) is 22.9 Å². The van der Waals surface area contributed by atoms with Crippen LogP contribution in [0.5, 0.6) is 11.5 Å². The SMILES string of the molecule is O=C(O)Cn1cc(CCCCc2ccc(OCc3coc(/C=C/c4ccc(OC(F)(F)F)cc4)n3)cc2)nn1. The van der Waals surface area contributed by atoms with Crippen molar-refractivity contribution < 1.29 is 37.0 Å². The van der Waals surface area contributed by atoms with Crippen molar-refractivity contribution in [3.05, 3.63) is 89.4 Å². The number of hydrogen-bond donors (Lipinski definition) is 1. The van der Waals surface area contributed by atoms with Crippen molar-refractivity contribution >= 4 is 18.1 Å². The fourth-order valence-corrected chi connectivity index (χ4v) is 3.63. The van der Waals surface area contributed by atoms with E-state index in [1.54, 1.807) is 18.3 Å². The third kappa shape index (κ3) is 9.33. The van der Waals surface area contributed by atoms with Crippen LogP contribution in [0, 0.1) is 0 Å². The molecule has 4 rings (SSSR count). The summed E-state index contributed by atoms with van der Waals surface area (Å²) in [5, 5.41) is 16.6. The number of hydrogen-bond acceptors (Lipinski definition) is 7. The summed E-state index contributed by atoms with van der Waals surface area (Å²) in [4.78, 5) is 15.0. The summed E-state index contributed by atoms with van der Waals surface area (Å²) in [5.41, 5.74) is 3.20. The first-order valence-corrected chi connectivity index (χ1v) is 12.0. The molecule has 0 aliphatic carbocycles. The molecule has 4 aromatic rings. The van der Waals surface area contributed by atoms with Crippen LogP contribution in [0.3, 0.4) is 0 Å². The smallest absolute Gasteiger partial charge is 0.487 e. The zero-order chi connectivity index (χ0) is 27.7. The predicted molar refractivity (Wildman–Crippen MR) is 134 cm³/mol. The van der Waals surface area contributed by atoms with Gasteiger partial charge < -0.3 is 19.0 Å². The van der Waals surface area contributed by atoms with Crippen molar-refractivity contribution in [2.45, 2.75) is 45.2 Å². The highest BCUT2D eigenvalue weighted by molar-refractivity contribution is 5.66. The Morgan fingerprint density at radius 3 is 2.41 bits per heavy atom. The van der Waals surface area contributed by atoms with E-state index < -0.39 is 12.3 Å². The lowest BCUT2D eigenvalue weighted by atomic mass is 10.1. The van der Waals surface area contributed by atoms with E-state index in [0.717, 1.165) is 31.4 Å². The number of aliphatic carboxylic acids is 1. The molecule has 2 aromatic carbocycles. The summed E-state index contributed by atoms with van der Waals surface area (Å²) in [6.45, 7) is 0.0176. The van der Waals surface area contributed by atoms with Gasteiger partial charge in [-0.15, -0.1) is 18.3 Å². The van der Waals surface area contributed by atoms with Gasteiger partial charge in [0.15, 0.2) is 0 Å². The number of benzene rings is 2. The van der Waals surface area contributed by atoms with Gasteiger partial charge >= 0.3 is 12.3 Å². The first kappa shape index (κ1) is 27.4. The molecule has 9 nitrogen and oxygen atoms in total. The van der Waals surface area contributed by atoms with Crippen LogP contribution >= 0.6 is 0 Å². The molecule has 0 radical (unpaired) electrons. The van der Waals surface area contributed by atoms with E-state index in [4.69, 9.17) is 14.3 Å². The van der Waals surface area contributed by atoms with E-state index in [2.05, 4.69) is 20.0 Å². The van der Waals surface area contributed by atoms with Crippen molar-refractivity contribution in [1.82, 2.24) is 20.0 Å². The zero-order valence-electron chi connectivity index (χ0n) is 20.7. The van der Waals surface area contributed by atoms with E-state index in [1.807, 2.05) is 24.3 Å². The number of oxazole rings is 1. The van der Waals surface area contributed by atoms with Crippen LogP contribution in [0.2, 0.25) is 0 Å². The van der Waals surface area contributed by atoms with Gasteiger partial charge in [0.25, 0.3) is 0 Å². The van der Waals surface area contributed by atoms with Crippen molar-refractivity contribution in [1.29, 1.82) is 0 Å². The minimum atomic E-state index is -4.73. The predicted octanol–water partition coefficient (Wildman–Crippen LogP) is 5.56. The lowest BCUT2D eigenvalue weighted by Gasteiger charge is -2.08. The van der Waals surface area contributed by atoms with E-state index in [9.17, 15) is 18.0 Å². The molecule has 0 saturated heterocycles. The molecule has 0 bridgehead atoms. The monoisotopic (exact) mass is 542 g/mol. The van der Waals surface area contributed by atoms with Crippen molar-refractivity contribution in [2.24, 2.45) is 0 Å². The highest BCUT2D eigenvalue weighted by Crippen LogP contribution is 2.23. The zero-order valence-corrected chi connectivity index (χ0v) is 20.7. The fraction of sp³-hybridized carbons (Fsp3) is 0.259. The Morgan fingerprint density at radius 2 is 1.69 bits per heavy atom. The van der Waals surface area contributed by atoms with Crippen molar-refractivity contribution in [3.8, 4) is 11.5 Å². The van der Waals surface area contributed by atoms with Gasteiger partial charge in [0.1, 0.15) is 36.6 Å². The van der Waals surface area contributed by atoms with Crippen LogP contribution in [-0.2, 0) is 30.8 Å². The first-order valence-electron chi connectivity index (χ1n) is 12.0. The number of ether oxygens (including phenoxy) is 2. The minimum absolute atomic E-state index is 0.193. The number of halogens is 3. The number of carboxylic acids is 1. The second-order valence-corrected chi connectivity index (χ2v) is 8.57. The summed E-state index contributed by atoms with van der Waals surface area (Å²) < 4.78 is 53.1. The quantitative estimate of drug-likeness (QED) is 0.219. The molecule has 0 unspecified atom stereocenters. The number of carbonyl (C=O) groups is 1. The second kappa shape index (κ2) is 12.8. The molecule has 2 heterocycles. The van der Waals surface area contributed by atoms with Crippen LogP contribution < -0.4 is 9.47 Å². The van der Waals surface area contributed by atoms with E-state index >= 15 is 0 Å². The van der Waals surface area contributed by atoms with Crippen LogP contribution in [0.4, 0.5) is 13.2 Å². The van der Waals surface area contributed by atoms with Gasteiger partial charge in [-0.1, -0.05) is 29.5 Å². The largest absolute Gasteiger partial charge is 0.573 e. The molecule has 0 fully saturated rings. The number of aryl methyl sites for hydroxylation is 2. The number of alkyl halides is 3. The molecule has 0 spiro atoms. The van der Waals surface area contributed by atoms with Crippen LogP contribution in [0.25, 0.3) is 12.2 Å². The lowest BCUT2D eigenvalue weighted by molar-refractivity contribution is -0.274. The standard InChI is InChI=1S/C27H25F3N4O5/c28-27(29,30)39-24-12-7-20(8-13-24)9-14-25-31-22(18-38-25)17-37-23-10-5-19(6-11-23)3-1-2-4-21-15-34(33-32-21)16-26(35)36/h5-15,18H,1-4,16-17H2,(H,35,36)/b14-9+. The minimum Gasteiger partial charge on any atom is -0.487 e. The Kier molecular flexibility index (Phi) is 8.97. The normalized spacial score (nSPS) is 11.7. The summed E-state index contributed by atoms with van der Waals surface area (Å²) in [6, 6.07) is 13.2. The maximum atomic E-state index is 12.3. The van der Waals surface area contributed by atoms with Crippen LogP contribution in [0.15, 0.2) is 65.4 Å². The number of unbranched alkanes of at least 4 members (excludes halogenated alkanes) is 1. The van der Waals surface area contributed by atoms with Crippen molar-refractivity contribution in [2.75, 3.05) is 0 Å². The van der Waals surface area contributed by atoms with Gasteiger partial charge in [-0.25, -0.2) is 9.67 Å². The highest BCUT2D eigenvalue weighted by Gasteiger charge is 2.30. The van der Waals surface area contributed by atoms with Gasteiger partial charge in [0.05, 0.1) is 5.69 Å². The van der Waals surface area contributed by atoms with Gasteiger partial charge in [0, 0.05) is 12.3 Å². The molecule has 204 valence electrons. The van der Waals surface area contributed by atoms with E-state index in [-0.39, 0.29) is 18.9 Å². The van der Waals surface area contributed by atoms with Gasteiger partial charge in [-0.3, -0.25) is 4.79 Å². The number of carboxylic acid groups (broad SMARTS) is 1. The van der Waals surface area contributed by atoms with E-state index in [1.165, 1.54) is 40.8 Å². The molecular weight excluding hydrogens is 517 g/mol. The third-order valence-electron chi connectivity index (χ3n) is 5.44. The molecule has 0 aliphatic rings. The molecule has 0 atom stereocenters. The highest BCUT2D eigenvalue weighted by atomic mass is 19.4. The van der Waals surface area contributed by atoms with Crippen molar-refractivity contribution in [3.63, 3.8) is 0 Å². The summed E-state index contributed by atoms with van der Waals surface area (Å²) in [6.07, 6.45) is 5.17. The number of aromatic nitrogens is 4. The molecule has 1 N–H and O–H groups in total. The molecule has 39 heavy (non-hydrogen) atoms. The summed E-state index contributed by atoms with van der Waals surface area (Å²) in [5.74, 6) is -0.217. The Balaban J connectivity index is 1.17. The molecular formula is C27H25F3N4O5. The van der Waals surface area contributed by atoms with Gasteiger partial charge in [0.2, 0.25) is 5.89 Å². The Labute approximate surface area is 221 Å². The summed E-state index contributed by atoms with van der Waals surface area (Å²) in [7, 11) is 0. The third-order valence-corrected chi connectivity index (χ3v) is 5.44. The first-order chi connectivity index (χ1) is 18.7. The molecule has 12 heteroatoms. The average molecular weight is 543 g/mol. The summed E-state index contributed by atoms with van der Waals surface area (Å²) >= 11 is 0. The Bertz CT molecular complexity index is 1380. The average Bonchev–Trinajstić information content (AvgIpc) is 3.54.